The van der Waals surface area contributed by atoms with Gasteiger partial charge in [-0.2, -0.15) is 4.98 Å². The molecular weight excluding hydrogens is 332 g/mol. The van der Waals surface area contributed by atoms with E-state index in [1.807, 2.05) is 12.1 Å². The predicted molar refractivity (Wildman–Crippen MR) is 101 cm³/mol. The minimum Gasteiger partial charge on any atom is -0.492 e. The van der Waals surface area contributed by atoms with Gasteiger partial charge in [0.2, 0.25) is 5.88 Å². The van der Waals surface area contributed by atoms with Crippen molar-refractivity contribution in [1.82, 2.24) is 4.98 Å². The van der Waals surface area contributed by atoms with Crippen molar-refractivity contribution in [2.45, 2.75) is 38.8 Å². The van der Waals surface area contributed by atoms with Gasteiger partial charge in [-0.3, -0.25) is 0 Å². The van der Waals surface area contributed by atoms with E-state index in [-0.39, 0.29) is 5.88 Å². The molecule has 132 valence electrons. The molecule has 2 aromatic rings. The highest BCUT2D eigenvalue weighted by Gasteiger charge is 2.36. The van der Waals surface area contributed by atoms with Crippen LogP contribution in [-0.2, 0) is 17.8 Å². The normalized spacial score (nSPS) is 24.1. The molecule has 4 rings (SSSR count). The summed E-state index contributed by atoms with van der Waals surface area (Å²) in [6.07, 6.45) is 7.78. The number of fused-ring (bicyclic) bond motifs is 2. The Hall–Kier alpha value is -1.85. The van der Waals surface area contributed by atoms with Gasteiger partial charge in [-0.05, 0) is 42.7 Å². The number of benzene rings is 1. The summed E-state index contributed by atoms with van der Waals surface area (Å²) in [5.41, 5.74) is 2.46. The minimum absolute atomic E-state index is 0.144. The standard InChI is InChI=1S/C20H24N2O2S/c1-13-4-2-3-5-16(13)12-24-9-8-18-19(23)22-20(25-18)21-17-11-14-6-7-15(17)10-14/h2-7,14-15,17,23H,8-12H2,1H3,(H,21,22). The second-order valence-electron chi connectivity index (χ2n) is 7.03. The lowest BCUT2D eigenvalue weighted by Crippen LogP contribution is -2.23. The van der Waals surface area contributed by atoms with Gasteiger partial charge in [-0.15, -0.1) is 0 Å². The number of allylic oxidation sites excluding steroid dienone is 1. The monoisotopic (exact) mass is 356 g/mol. The Morgan fingerprint density at radius 2 is 2.16 bits per heavy atom. The van der Waals surface area contributed by atoms with Crippen LogP contribution >= 0.6 is 11.3 Å². The van der Waals surface area contributed by atoms with Crippen molar-refractivity contribution >= 4 is 16.5 Å². The van der Waals surface area contributed by atoms with E-state index in [9.17, 15) is 5.11 Å². The first-order valence-electron chi connectivity index (χ1n) is 8.95. The molecule has 4 nitrogen and oxygen atoms in total. The quantitative estimate of drug-likeness (QED) is 0.574. The molecule has 1 aromatic heterocycles. The van der Waals surface area contributed by atoms with Crippen molar-refractivity contribution < 1.29 is 9.84 Å². The molecule has 3 unspecified atom stereocenters. The van der Waals surface area contributed by atoms with E-state index in [4.69, 9.17) is 4.74 Å². The number of anilines is 1. The van der Waals surface area contributed by atoms with Crippen LogP contribution in [0.5, 0.6) is 5.88 Å². The van der Waals surface area contributed by atoms with Gasteiger partial charge in [0, 0.05) is 12.5 Å². The van der Waals surface area contributed by atoms with Gasteiger partial charge >= 0.3 is 0 Å². The first kappa shape index (κ1) is 16.6. The van der Waals surface area contributed by atoms with Crippen molar-refractivity contribution in [3.63, 3.8) is 0 Å². The number of rotatable bonds is 7. The number of aryl methyl sites for hydroxylation is 1. The third-order valence-electron chi connectivity index (χ3n) is 5.26. The van der Waals surface area contributed by atoms with E-state index in [2.05, 4.69) is 41.5 Å². The topological polar surface area (TPSA) is 54.4 Å². The van der Waals surface area contributed by atoms with Crippen LogP contribution in [0.4, 0.5) is 5.13 Å². The van der Waals surface area contributed by atoms with Crippen LogP contribution in [0.15, 0.2) is 36.4 Å². The fraction of sp³-hybridized carbons (Fsp3) is 0.450. The van der Waals surface area contributed by atoms with Gasteiger partial charge < -0.3 is 15.2 Å². The molecule has 1 heterocycles. The summed E-state index contributed by atoms with van der Waals surface area (Å²) in [4.78, 5) is 5.19. The lowest BCUT2D eigenvalue weighted by Gasteiger charge is -2.18. The maximum atomic E-state index is 10.1. The summed E-state index contributed by atoms with van der Waals surface area (Å²) >= 11 is 1.55. The van der Waals surface area contributed by atoms with Crippen LogP contribution in [0.2, 0.25) is 0 Å². The zero-order chi connectivity index (χ0) is 17.2. The summed E-state index contributed by atoms with van der Waals surface area (Å²) < 4.78 is 5.78. The van der Waals surface area contributed by atoms with Gasteiger partial charge in [0.15, 0.2) is 5.13 Å². The molecule has 2 aliphatic rings. The fourth-order valence-corrected chi connectivity index (χ4v) is 4.69. The largest absolute Gasteiger partial charge is 0.492 e. The molecule has 2 aliphatic carbocycles. The molecule has 0 aliphatic heterocycles. The molecule has 1 saturated carbocycles. The third-order valence-corrected chi connectivity index (χ3v) is 6.29. The summed E-state index contributed by atoms with van der Waals surface area (Å²) in [6.45, 7) is 3.28. The summed E-state index contributed by atoms with van der Waals surface area (Å²) in [5.74, 6) is 1.49. The lowest BCUT2D eigenvalue weighted by molar-refractivity contribution is 0.123. The van der Waals surface area contributed by atoms with Gasteiger partial charge in [-0.25, -0.2) is 0 Å². The Kier molecular flexibility index (Phi) is 4.77. The number of ether oxygens (including phenoxy) is 1. The van der Waals surface area contributed by atoms with Crippen molar-refractivity contribution in [2.24, 2.45) is 11.8 Å². The molecule has 1 aromatic carbocycles. The molecule has 1 fully saturated rings. The number of hydrogen-bond acceptors (Lipinski definition) is 5. The van der Waals surface area contributed by atoms with Gasteiger partial charge in [0.05, 0.1) is 18.1 Å². The van der Waals surface area contributed by atoms with Crippen LogP contribution in [0.3, 0.4) is 0 Å². The van der Waals surface area contributed by atoms with Crippen molar-refractivity contribution in [3.05, 3.63) is 52.4 Å². The zero-order valence-electron chi connectivity index (χ0n) is 14.4. The Bertz CT molecular complexity index is 771. The maximum absolute atomic E-state index is 10.1. The van der Waals surface area contributed by atoms with Crippen LogP contribution in [0, 0.1) is 18.8 Å². The molecule has 0 radical (unpaired) electrons. The number of aromatic hydroxyl groups is 1. The fourth-order valence-electron chi connectivity index (χ4n) is 3.79. The van der Waals surface area contributed by atoms with E-state index < -0.39 is 0 Å². The highest BCUT2D eigenvalue weighted by atomic mass is 32.1. The highest BCUT2D eigenvalue weighted by molar-refractivity contribution is 7.15. The summed E-state index contributed by atoms with van der Waals surface area (Å²) in [5, 5.41) is 14.4. The number of hydrogen-bond donors (Lipinski definition) is 2. The van der Waals surface area contributed by atoms with E-state index in [0.717, 1.165) is 15.9 Å². The molecule has 3 atom stereocenters. The molecule has 2 N–H and O–H groups in total. The highest BCUT2D eigenvalue weighted by Crippen LogP contribution is 2.41. The van der Waals surface area contributed by atoms with E-state index in [1.54, 1.807) is 11.3 Å². The van der Waals surface area contributed by atoms with Gasteiger partial charge in [-0.1, -0.05) is 47.8 Å². The second-order valence-corrected chi connectivity index (χ2v) is 8.11. The molecule has 0 spiro atoms. The molecular formula is C20H24N2O2S. The number of aromatic nitrogens is 1. The van der Waals surface area contributed by atoms with Crippen molar-refractivity contribution in [1.29, 1.82) is 0 Å². The van der Waals surface area contributed by atoms with Gasteiger partial charge in [0.25, 0.3) is 0 Å². The van der Waals surface area contributed by atoms with Crippen LogP contribution in [0.1, 0.15) is 28.8 Å². The van der Waals surface area contributed by atoms with E-state index >= 15 is 0 Å². The summed E-state index contributed by atoms with van der Waals surface area (Å²) in [6, 6.07) is 8.71. The number of thiazole rings is 1. The first-order valence-corrected chi connectivity index (χ1v) is 9.76. The van der Waals surface area contributed by atoms with Crippen LogP contribution in [-0.4, -0.2) is 22.7 Å². The van der Waals surface area contributed by atoms with Gasteiger partial charge in [0.1, 0.15) is 0 Å². The maximum Gasteiger partial charge on any atom is 0.227 e. The predicted octanol–water partition coefficient (Wildman–Crippen LogP) is 4.29. The Morgan fingerprint density at radius 3 is 2.92 bits per heavy atom. The summed E-state index contributed by atoms with van der Waals surface area (Å²) in [7, 11) is 0. The average Bonchev–Trinajstić information content (AvgIpc) is 3.29. The minimum atomic E-state index is 0.144. The van der Waals surface area contributed by atoms with E-state index in [0.29, 0.717) is 31.6 Å². The molecule has 5 heteroatoms. The molecule has 0 saturated heterocycles. The van der Waals surface area contributed by atoms with Crippen LogP contribution in [0.25, 0.3) is 0 Å². The molecule has 25 heavy (non-hydrogen) atoms. The lowest BCUT2D eigenvalue weighted by atomic mass is 10.0. The zero-order valence-corrected chi connectivity index (χ0v) is 15.3. The Labute approximate surface area is 152 Å². The smallest absolute Gasteiger partial charge is 0.227 e. The first-order chi connectivity index (χ1) is 12.2. The second kappa shape index (κ2) is 7.18. The van der Waals surface area contributed by atoms with Crippen molar-refractivity contribution in [3.8, 4) is 5.88 Å². The Balaban J connectivity index is 1.27. The molecule has 0 amide bonds. The Morgan fingerprint density at radius 1 is 1.28 bits per heavy atom. The number of nitrogens with one attached hydrogen (secondary N) is 1. The number of nitrogens with zero attached hydrogens (tertiary/aromatic N) is 1. The van der Waals surface area contributed by atoms with Crippen molar-refractivity contribution in [2.75, 3.05) is 11.9 Å². The molecule has 2 bridgehead atoms. The average molecular weight is 356 g/mol. The van der Waals surface area contributed by atoms with E-state index in [1.165, 1.54) is 24.0 Å². The van der Waals surface area contributed by atoms with Crippen LogP contribution < -0.4 is 5.32 Å². The SMILES string of the molecule is Cc1ccccc1COCCc1sc(NC2CC3C=CC2C3)nc1O. The third kappa shape index (κ3) is 3.72.